The number of carbonyl (C=O) groups is 3. The van der Waals surface area contributed by atoms with E-state index in [-0.39, 0.29) is 18.8 Å². The molecule has 7 nitrogen and oxygen atoms in total. The van der Waals surface area contributed by atoms with Crippen molar-refractivity contribution in [1.82, 2.24) is 10.6 Å². The van der Waals surface area contributed by atoms with Gasteiger partial charge in [-0.15, -0.1) is 0 Å². The fourth-order valence-electron chi connectivity index (χ4n) is 1.39. The van der Waals surface area contributed by atoms with Crippen LogP contribution in [-0.2, 0) is 9.59 Å². The van der Waals surface area contributed by atoms with Crippen LogP contribution in [-0.4, -0.2) is 36.0 Å². The van der Waals surface area contributed by atoms with Gasteiger partial charge in [-0.3, -0.25) is 14.4 Å². The molecule has 1 rings (SSSR count). The van der Waals surface area contributed by atoms with Gasteiger partial charge in [0.2, 0.25) is 5.91 Å². The van der Waals surface area contributed by atoms with Gasteiger partial charge in [-0.1, -0.05) is 6.92 Å². The number of nitrogens with one attached hydrogen (secondary N) is 2. The highest BCUT2D eigenvalue weighted by Crippen LogP contribution is 2.13. The molecule has 3 N–H and O–H groups in total. The first-order chi connectivity index (χ1) is 9.43. The molecule has 1 heterocycles. The summed E-state index contributed by atoms with van der Waals surface area (Å²) in [4.78, 5) is 33.8. The summed E-state index contributed by atoms with van der Waals surface area (Å²) in [5.41, 5.74) is 0. The number of hydrogen-bond donors (Lipinski definition) is 3. The third-order valence-corrected chi connectivity index (χ3v) is 3.02. The summed E-state index contributed by atoms with van der Waals surface area (Å²) in [6.45, 7) is 1.52. The van der Waals surface area contributed by atoms with Crippen LogP contribution in [0, 0.1) is 5.92 Å². The minimum Gasteiger partial charge on any atom is -0.481 e. The molecule has 8 heteroatoms. The van der Waals surface area contributed by atoms with Crippen molar-refractivity contribution < 1.29 is 23.9 Å². The maximum atomic E-state index is 11.6. The lowest BCUT2D eigenvalue weighted by atomic mass is 10.1. The largest absolute Gasteiger partial charge is 0.481 e. The van der Waals surface area contributed by atoms with E-state index in [1.165, 1.54) is 6.07 Å². The van der Waals surface area contributed by atoms with Crippen LogP contribution >= 0.6 is 15.9 Å². The van der Waals surface area contributed by atoms with Crippen LogP contribution in [0.2, 0.25) is 0 Å². The Morgan fingerprint density at radius 2 is 2.05 bits per heavy atom. The quantitative estimate of drug-likeness (QED) is 0.682. The highest BCUT2D eigenvalue weighted by Gasteiger charge is 2.16. The molecule has 2 amide bonds. The molecule has 20 heavy (non-hydrogen) atoms. The summed E-state index contributed by atoms with van der Waals surface area (Å²) in [5, 5.41) is 13.6. The number of carboxylic acids is 1. The summed E-state index contributed by atoms with van der Waals surface area (Å²) in [7, 11) is 0. The number of rotatable bonds is 7. The molecule has 0 spiro atoms. The number of furan rings is 1. The highest BCUT2D eigenvalue weighted by atomic mass is 79.9. The van der Waals surface area contributed by atoms with Crippen LogP contribution in [0.1, 0.15) is 23.9 Å². The molecule has 1 atom stereocenters. The van der Waals surface area contributed by atoms with Crippen molar-refractivity contribution in [1.29, 1.82) is 0 Å². The standard InChI is InChI=1S/C12H15BrN2O5/c1-2-7(12(18)19)5-14-10(16)6-15-11(17)8-3-4-9(13)20-8/h3-4,7H,2,5-6H2,1H3,(H,14,16)(H,15,17)(H,18,19). The van der Waals surface area contributed by atoms with Crippen LogP contribution < -0.4 is 10.6 Å². The van der Waals surface area contributed by atoms with E-state index in [1.54, 1.807) is 13.0 Å². The number of aliphatic carboxylic acids is 1. The van der Waals surface area contributed by atoms with Gasteiger partial charge in [0.1, 0.15) is 0 Å². The fraction of sp³-hybridized carbons (Fsp3) is 0.417. The van der Waals surface area contributed by atoms with Crippen LogP contribution in [0.5, 0.6) is 0 Å². The molecule has 0 aliphatic carbocycles. The topological polar surface area (TPSA) is 109 Å². The Morgan fingerprint density at radius 3 is 2.55 bits per heavy atom. The van der Waals surface area contributed by atoms with E-state index in [1.807, 2.05) is 0 Å². The van der Waals surface area contributed by atoms with Crippen molar-refractivity contribution in [2.45, 2.75) is 13.3 Å². The molecule has 0 saturated heterocycles. The molecule has 0 saturated carbocycles. The predicted octanol–water partition coefficient (Wildman–Crippen LogP) is 0.999. The first-order valence-electron chi connectivity index (χ1n) is 5.97. The maximum Gasteiger partial charge on any atom is 0.308 e. The molecule has 0 bridgehead atoms. The Labute approximate surface area is 123 Å². The smallest absolute Gasteiger partial charge is 0.308 e. The molecule has 0 aliphatic rings. The predicted molar refractivity (Wildman–Crippen MR) is 73.2 cm³/mol. The maximum absolute atomic E-state index is 11.6. The SMILES string of the molecule is CCC(CNC(=O)CNC(=O)c1ccc(Br)o1)C(=O)O. The second kappa shape index (κ2) is 7.68. The lowest BCUT2D eigenvalue weighted by Gasteiger charge is -2.11. The number of halogens is 1. The lowest BCUT2D eigenvalue weighted by molar-refractivity contribution is -0.141. The van der Waals surface area contributed by atoms with Crippen LogP contribution in [0.4, 0.5) is 0 Å². The van der Waals surface area contributed by atoms with Crippen molar-refractivity contribution in [2.75, 3.05) is 13.1 Å². The van der Waals surface area contributed by atoms with Crippen molar-refractivity contribution >= 4 is 33.7 Å². The van der Waals surface area contributed by atoms with Gasteiger partial charge in [-0.2, -0.15) is 0 Å². The molecule has 0 aromatic carbocycles. The molecule has 1 aromatic rings. The number of amides is 2. The van der Waals surface area contributed by atoms with Crippen molar-refractivity contribution in [3.63, 3.8) is 0 Å². The van der Waals surface area contributed by atoms with Gasteiger partial charge in [0, 0.05) is 6.54 Å². The monoisotopic (exact) mass is 346 g/mol. The second-order valence-electron chi connectivity index (χ2n) is 4.03. The van der Waals surface area contributed by atoms with E-state index in [0.717, 1.165) is 0 Å². The Balaban J connectivity index is 2.33. The molecule has 1 aromatic heterocycles. The van der Waals surface area contributed by atoms with Gasteiger partial charge in [0.15, 0.2) is 10.4 Å². The summed E-state index contributed by atoms with van der Waals surface area (Å²) in [6, 6.07) is 3.03. The third-order valence-electron chi connectivity index (χ3n) is 2.59. The Bertz CT molecular complexity index is 500. The van der Waals surface area contributed by atoms with Gasteiger partial charge >= 0.3 is 5.97 Å². The molecule has 110 valence electrons. The van der Waals surface area contributed by atoms with Gasteiger partial charge in [0.25, 0.3) is 5.91 Å². The van der Waals surface area contributed by atoms with E-state index in [2.05, 4.69) is 26.6 Å². The molecule has 0 aliphatic heterocycles. The third kappa shape index (κ3) is 5.04. The van der Waals surface area contributed by atoms with Crippen molar-refractivity contribution in [3.05, 3.63) is 22.6 Å². The first kappa shape index (κ1) is 16.2. The van der Waals surface area contributed by atoms with E-state index in [9.17, 15) is 14.4 Å². The first-order valence-corrected chi connectivity index (χ1v) is 6.76. The normalized spacial score (nSPS) is 11.7. The zero-order chi connectivity index (χ0) is 15.1. The fourth-order valence-corrected chi connectivity index (χ4v) is 1.70. The van der Waals surface area contributed by atoms with Gasteiger partial charge < -0.3 is 20.2 Å². The van der Waals surface area contributed by atoms with E-state index in [4.69, 9.17) is 9.52 Å². The molecular formula is C12H15BrN2O5. The summed E-state index contributed by atoms with van der Waals surface area (Å²) < 4.78 is 5.44. The summed E-state index contributed by atoms with van der Waals surface area (Å²) in [6.07, 6.45) is 0.419. The zero-order valence-corrected chi connectivity index (χ0v) is 12.4. The molecule has 0 fully saturated rings. The van der Waals surface area contributed by atoms with Crippen LogP contribution in [0.25, 0.3) is 0 Å². The Hall–Kier alpha value is -1.83. The molecular weight excluding hydrogens is 332 g/mol. The van der Waals surface area contributed by atoms with E-state index in [0.29, 0.717) is 11.1 Å². The van der Waals surface area contributed by atoms with Crippen molar-refractivity contribution in [2.24, 2.45) is 5.92 Å². The number of hydrogen-bond acceptors (Lipinski definition) is 4. The molecule has 0 radical (unpaired) electrons. The number of carbonyl (C=O) groups excluding carboxylic acids is 2. The Morgan fingerprint density at radius 1 is 1.35 bits per heavy atom. The highest BCUT2D eigenvalue weighted by molar-refractivity contribution is 9.10. The molecule has 1 unspecified atom stereocenters. The van der Waals surface area contributed by atoms with Crippen molar-refractivity contribution in [3.8, 4) is 0 Å². The zero-order valence-electron chi connectivity index (χ0n) is 10.8. The van der Waals surface area contributed by atoms with Gasteiger partial charge in [-0.25, -0.2) is 0 Å². The van der Waals surface area contributed by atoms with E-state index >= 15 is 0 Å². The number of carboxylic acid groups (broad SMARTS) is 1. The second-order valence-corrected chi connectivity index (χ2v) is 4.82. The van der Waals surface area contributed by atoms with E-state index < -0.39 is 23.7 Å². The average molecular weight is 347 g/mol. The van der Waals surface area contributed by atoms with Gasteiger partial charge in [-0.05, 0) is 34.5 Å². The lowest BCUT2D eigenvalue weighted by Crippen LogP contribution is -2.40. The average Bonchev–Trinajstić information content (AvgIpc) is 2.83. The minimum absolute atomic E-state index is 0.0346. The van der Waals surface area contributed by atoms with Gasteiger partial charge in [0.05, 0.1) is 12.5 Å². The summed E-state index contributed by atoms with van der Waals surface area (Å²) in [5.74, 6) is -2.48. The summed E-state index contributed by atoms with van der Waals surface area (Å²) >= 11 is 3.06. The minimum atomic E-state index is -0.961. The van der Waals surface area contributed by atoms with Crippen LogP contribution in [0.3, 0.4) is 0 Å². The Kier molecular flexibility index (Phi) is 6.23. The van der Waals surface area contributed by atoms with Crippen LogP contribution in [0.15, 0.2) is 21.2 Å².